The van der Waals surface area contributed by atoms with Gasteiger partial charge in [-0.1, -0.05) is 53.4 Å². The molecule has 2 unspecified atom stereocenters. The number of aliphatic carboxylic acids is 2. The molecule has 2 atom stereocenters. The van der Waals surface area contributed by atoms with Crippen molar-refractivity contribution in [2.75, 3.05) is 0 Å². The fraction of sp³-hybridized carbons (Fsp3) is 0.824. The molecule has 0 fully saturated rings. The minimum absolute atomic E-state index is 0. The van der Waals surface area contributed by atoms with Crippen LogP contribution in [0.2, 0.25) is 0 Å². The Labute approximate surface area is 147 Å². The molecule has 0 aromatic heterocycles. The van der Waals surface area contributed by atoms with Gasteiger partial charge in [0.15, 0.2) is 0 Å². The zero-order chi connectivity index (χ0) is 16.0. The first-order valence-corrected chi connectivity index (χ1v) is 7.89. The van der Waals surface area contributed by atoms with Crippen LogP contribution in [0.4, 0.5) is 0 Å². The SMILES string of the molecule is CCCCC(CC)C(=O)O.CCCCC(CC)C(=O)O.[CH3+].[Mn]. The molecule has 0 rings (SSSR count). The fourth-order valence-corrected chi connectivity index (χ4v) is 1.91. The van der Waals surface area contributed by atoms with Crippen molar-refractivity contribution in [3.8, 4) is 0 Å². The Morgan fingerprint density at radius 2 is 1.05 bits per heavy atom. The van der Waals surface area contributed by atoms with Gasteiger partial charge in [-0.15, -0.1) is 0 Å². The monoisotopic (exact) mass is 358 g/mol. The van der Waals surface area contributed by atoms with Crippen molar-refractivity contribution in [2.24, 2.45) is 11.8 Å². The molecule has 0 amide bonds. The molecule has 0 bridgehead atoms. The molecule has 0 aliphatic carbocycles. The normalized spacial score (nSPS) is 11.8. The molecule has 133 valence electrons. The number of carboxylic acids is 2. The van der Waals surface area contributed by atoms with Crippen molar-refractivity contribution in [2.45, 2.75) is 79.1 Å². The number of unbranched alkanes of at least 4 members (excludes halogenated alkanes) is 2. The van der Waals surface area contributed by atoms with Gasteiger partial charge in [-0.05, 0) is 25.7 Å². The van der Waals surface area contributed by atoms with E-state index in [1.54, 1.807) is 0 Å². The van der Waals surface area contributed by atoms with Crippen LogP contribution < -0.4 is 0 Å². The van der Waals surface area contributed by atoms with Crippen molar-refractivity contribution < 1.29 is 36.9 Å². The molecule has 2 N–H and O–H groups in total. The Morgan fingerprint density at radius 3 is 1.18 bits per heavy atom. The van der Waals surface area contributed by atoms with Gasteiger partial charge in [0.25, 0.3) is 0 Å². The summed E-state index contributed by atoms with van der Waals surface area (Å²) in [6.45, 7) is 8.01. The minimum atomic E-state index is -0.643. The molecule has 1 radical (unpaired) electrons. The number of hydrogen-bond acceptors (Lipinski definition) is 2. The largest absolute Gasteiger partial charge is 0.481 e. The third-order valence-corrected chi connectivity index (χ3v) is 3.50. The van der Waals surface area contributed by atoms with E-state index in [2.05, 4.69) is 13.8 Å². The van der Waals surface area contributed by atoms with Crippen molar-refractivity contribution in [3.63, 3.8) is 0 Å². The zero-order valence-corrected chi connectivity index (χ0v) is 16.1. The second kappa shape index (κ2) is 20.3. The van der Waals surface area contributed by atoms with Crippen LogP contribution in [-0.2, 0) is 26.7 Å². The van der Waals surface area contributed by atoms with Crippen molar-refractivity contribution in [3.05, 3.63) is 7.43 Å². The Bertz CT molecular complexity index is 231. The molecule has 0 saturated heterocycles. The summed E-state index contributed by atoms with van der Waals surface area (Å²) in [5, 5.41) is 17.2. The summed E-state index contributed by atoms with van der Waals surface area (Å²) in [5.41, 5.74) is 0. The number of hydrogen-bond donors (Lipinski definition) is 2. The summed E-state index contributed by atoms with van der Waals surface area (Å²) in [4.78, 5) is 20.9. The number of carboxylic acid groups (broad SMARTS) is 2. The molecule has 4 nitrogen and oxygen atoms in total. The predicted octanol–water partition coefficient (Wildman–Crippen LogP) is 5.02. The molecule has 0 heterocycles. The van der Waals surface area contributed by atoms with Gasteiger partial charge in [0.2, 0.25) is 0 Å². The molecule has 0 aliphatic rings. The summed E-state index contributed by atoms with van der Waals surface area (Å²) >= 11 is 0. The van der Waals surface area contributed by atoms with Crippen LogP contribution >= 0.6 is 0 Å². The quantitative estimate of drug-likeness (QED) is 0.425. The second-order valence-corrected chi connectivity index (χ2v) is 5.17. The van der Waals surface area contributed by atoms with Gasteiger partial charge in [-0.2, -0.15) is 0 Å². The van der Waals surface area contributed by atoms with E-state index in [0.717, 1.165) is 51.4 Å². The average Bonchev–Trinajstić information content (AvgIpc) is 2.40. The summed E-state index contributed by atoms with van der Waals surface area (Å²) in [6, 6.07) is 0. The maximum Gasteiger partial charge on any atom is 0.306 e. The van der Waals surface area contributed by atoms with Crippen LogP contribution in [0.5, 0.6) is 0 Å². The zero-order valence-electron chi connectivity index (χ0n) is 14.9. The van der Waals surface area contributed by atoms with E-state index in [1.165, 1.54) is 0 Å². The van der Waals surface area contributed by atoms with Crippen LogP contribution in [0.3, 0.4) is 0 Å². The molecule has 0 aromatic carbocycles. The summed E-state index contributed by atoms with van der Waals surface area (Å²) in [7, 11) is 0. The molecule has 0 aliphatic heterocycles. The Morgan fingerprint density at radius 1 is 0.773 bits per heavy atom. The molecular formula is C17H35MnO4+. The molecule has 0 aromatic rings. The second-order valence-electron chi connectivity index (χ2n) is 5.17. The van der Waals surface area contributed by atoms with E-state index < -0.39 is 11.9 Å². The Balaban J connectivity index is -0.000000135. The van der Waals surface area contributed by atoms with Gasteiger partial charge in [0, 0.05) is 24.5 Å². The number of carbonyl (C=O) groups is 2. The van der Waals surface area contributed by atoms with Crippen LogP contribution in [0.1, 0.15) is 79.1 Å². The third-order valence-electron chi connectivity index (χ3n) is 3.50. The van der Waals surface area contributed by atoms with Crippen LogP contribution in [-0.4, -0.2) is 22.2 Å². The molecule has 5 heteroatoms. The van der Waals surface area contributed by atoms with Crippen molar-refractivity contribution >= 4 is 11.9 Å². The molecule has 22 heavy (non-hydrogen) atoms. The minimum Gasteiger partial charge on any atom is -0.481 e. The van der Waals surface area contributed by atoms with Gasteiger partial charge in [0.1, 0.15) is 0 Å². The Hall–Kier alpha value is -0.671. The van der Waals surface area contributed by atoms with E-state index in [-0.39, 0.29) is 36.3 Å². The van der Waals surface area contributed by atoms with Gasteiger partial charge < -0.3 is 10.2 Å². The Kier molecular flexibility index (Phi) is 27.1. The maximum atomic E-state index is 10.4. The molecule has 0 saturated carbocycles. The van der Waals surface area contributed by atoms with Gasteiger partial charge >= 0.3 is 11.9 Å². The average molecular weight is 358 g/mol. The van der Waals surface area contributed by atoms with Gasteiger partial charge in [-0.25, -0.2) is 0 Å². The van der Waals surface area contributed by atoms with E-state index in [4.69, 9.17) is 10.2 Å². The smallest absolute Gasteiger partial charge is 0.306 e. The van der Waals surface area contributed by atoms with E-state index in [0.29, 0.717) is 0 Å². The summed E-state index contributed by atoms with van der Waals surface area (Å²) in [6.07, 6.45) is 7.43. The van der Waals surface area contributed by atoms with E-state index in [9.17, 15) is 9.59 Å². The summed E-state index contributed by atoms with van der Waals surface area (Å²) in [5.74, 6) is -1.51. The van der Waals surface area contributed by atoms with Crippen molar-refractivity contribution in [1.82, 2.24) is 0 Å². The van der Waals surface area contributed by atoms with Crippen LogP contribution in [0.15, 0.2) is 0 Å². The standard InChI is InChI=1S/2C8H16O2.CH3.Mn/c2*1-3-5-6-7(4-2)8(9)10;;/h2*7H,3-6H2,1-2H3,(H,9,10);1H3;/q;;+1;. The number of rotatable bonds is 10. The predicted molar refractivity (Wildman–Crippen MR) is 88.3 cm³/mol. The fourth-order valence-electron chi connectivity index (χ4n) is 1.91. The first kappa shape index (κ1) is 29.4. The van der Waals surface area contributed by atoms with Gasteiger partial charge in [-0.3, -0.25) is 9.59 Å². The molecule has 0 spiro atoms. The molecular weight excluding hydrogens is 323 g/mol. The van der Waals surface area contributed by atoms with E-state index >= 15 is 0 Å². The first-order chi connectivity index (χ1) is 9.44. The topological polar surface area (TPSA) is 74.6 Å². The third kappa shape index (κ3) is 17.4. The van der Waals surface area contributed by atoms with Crippen molar-refractivity contribution in [1.29, 1.82) is 0 Å². The van der Waals surface area contributed by atoms with Gasteiger partial charge in [0.05, 0.1) is 11.8 Å². The first-order valence-electron chi connectivity index (χ1n) is 7.89. The summed E-state index contributed by atoms with van der Waals surface area (Å²) < 4.78 is 0. The van der Waals surface area contributed by atoms with Crippen LogP contribution in [0.25, 0.3) is 0 Å². The van der Waals surface area contributed by atoms with E-state index in [1.807, 2.05) is 13.8 Å². The van der Waals surface area contributed by atoms with Crippen LogP contribution in [0, 0.1) is 19.3 Å². The maximum absolute atomic E-state index is 10.4.